The monoisotopic (exact) mass is 451 g/mol. The lowest BCUT2D eigenvalue weighted by Crippen LogP contribution is -2.41. The van der Waals surface area contributed by atoms with Crippen molar-refractivity contribution in [1.82, 2.24) is 5.32 Å². The van der Waals surface area contributed by atoms with Crippen molar-refractivity contribution >= 4 is 29.1 Å². The molecule has 1 aliphatic rings. The molecule has 1 aliphatic heterocycles. The first-order valence-corrected chi connectivity index (χ1v) is 12.3. The predicted octanol–water partition coefficient (Wildman–Crippen LogP) is 3.77. The second-order valence-electron chi connectivity index (χ2n) is 9.93. The van der Waals surface area contributed by atoms with Gasteiger partial charge in [0.25, 0.3) is 0 Å². The van der Waals surface area contributed by atoms with Gasteiger partial charge in [0, 0.05) is 12.8 Å². The first kappa shape index (κ1) is 25.4. The lowest BCUT2D eigenvalue weighted by Gasteiger charge is -2.32. The average molecular weight is 451 g/mol. The zero-order valence-corrected chi connectivity index (χ0v) is 20.6. The van der Waals surface area contributed by atoms with Gasteiger partial charge in [-0.05, 0) is 65.1 Å². The molecular formula is C22H34BNO6S. The maximum atomic E-state index is 12.2. The van der Waals surface area contributed by atoms with Crippen LogP contribution < -0.4 is 5.32 Å². The second kappa shape index (κ2) is 8.96. The fourth-order valence-electron chi connectivity index (χ4n) is 2.97. The Bertz CT molecular complexity index is 931. The van der Waals surface area contributed by atoms with Crippen LogP contribution in [0.2, 0.25) is 0 Å². The Morgan fingerprint density at radius 1 is 1.13 bits per heavy atom. The van der Waals surface area contributed by atoms with E-state index in [2.05, 4.69) is 5.32 Å². The fourth-order valence-corrected chi connectivity index (χ4v) is 3.80. The van der Waals surface area contributed by atoms with Gasteiger partial charge in [-0.25, -0.2) is 13.2 Å². The van der Waals surface area contributed by atoms with Gasteiger partial charge in [0.05, 0.1) is 17.0 Å². The van der Waals surface area contributed by atoms with Gasteiger partial charge in [-0.1, -0.05) is 30.3 Å². The molecule has 0 aromatic heterocycles. The maximum absolute atomic E-state index is 12.2. The first-order valence-electron chi connectivity index (χ1n) is 10.3. The van der Waals surface area contributed by atoms with Gasteiger partial charge in [-0.3, -0.25) is 0 Å². The molecule has 0 atom stereocenters. The fraction of sp³-hybridized carbons (Fsp3) is 0.591. The van der Waals surface area contributed by atoms with Crippen LogP contribution in [0.1, 0.15) is 59.6 Å². The SMILES string of the molecule is CC(C)(C)OC(=O)NCC(=Cc1ccccc1CS(C)(=O)=O)B1OC(C)(C)C(C)(C)O1. The van der Waals surface area contributed by atoms with Crippen molar-refractivity contribution < 1.29 is 27.3 Å². The van der Waals surface area contributed by atoms with Crippen LogP contribution in [0.15, 0.2) is 29.7 Å². The minimum Gasteiger partial charge on any atom is -0.444 e. The van der Waals surface area contributed by atoms with Gasteiger partial charge in [0.2, 0.25) is 0 Å². The van der Waals surface area contributed by atoms with E-state index in [-0.39, 0.29) is 12.3 Å². The van der Waals surface area contributed by atoms with E-state index in [9.17, 15) is 13.2 Å². The molecule has 1 heterocycles. The van der Waals surface area contributed by atoms with Gasteiger partial charge in [-0.2, -0.15) is 0 Å². The largest absolute Gasteiger partial charge is 0.492 e. The third kappa shape index (κ3) is 7.37. The molecule has 0 spiro atoms. The molecule has 1 fully saturated rings. The van der Waals surface area contributed by atoms with Gasteiger partial charge in [0.1, 0.15) is 5.60 Å². The molecule has 0 aliphatic carbocycles. The van der Waals surface area contributed by atoms with E-state index in [0.717, 1.165) is 5.56 Å². The number of amides is 1. The van der Waals surface area contributed by atoms with Crippen LogP contribution in [0.3, 0.4) is 0 Å². The summed E-state index contributed by atoms with van der Waals surface area (Å²) in [5.41, 5.74) is 0.301. The van der Waals surface area contributed by atoms with Crippen molar-refractivity contribution in [2.45, 2.75) is 71.0 Å². The summed E-state index contributed by atoms with van der Waals surface area (Å²) in [6, 6.07) is 7.24. The van der Waals surface area contributed by atoms with Crippen LogP contribution >= 0.6 is 0 Å². The third-order valence-electron chi connectivity index (χ3n) is 5.21. The van der Waals surface area contributed by atoms with Crippen molar-refractivity contribution in [3.05, 3.63) is 40.9 Å². The number of alkyl carbamates (subject to hydrolysis) is 1. The molecule has 2 rings (SSSR count). The van der Waals surface area contributed by atoms with Crippen LogP contribution in [0.25, 0.3) is 6.08 Å². The number of sulfone groups is 1. The lowest BCUT2D eigenvalue weighted by atomic mass is 9.76. The molecule has 172 valence electrons. The van der Waals surface area contributed by atoms with E-state index < -0.39 is 39.9 Å². The summed E-state index contributed by atoms with van der Waals surface area (Å²) in [5, 5.41) is 2.75. The van der Waals surface area contributed by atoms with Gasteiger partial charge in [0.15, 0.2) is 9.84 Å². The van der Waals surface area contributed by atoms with E-state index in [0.29, 0.717) is 11.0 Å². The molecule has 1 aromatic carbocycles. The Morgan fingerprint density at radius 3 is 2.19 bits per heavy atom. The number of ether oxygens (including phenoxy) is 1. The van der Waals surface area contributed by atoms with E-state index >= 15 is 0 Å². The molecule has 0 saturated carbocycles. The number of hydrogen-bond donors (Lipinski definition) is 1. The predicted molar refractivity (Wildman–Crippen MR) is 123 cm³/mol. The average Bonchev–Trinajstić information content (AvgIpc) is 2.77. The third-order valence-corrected chi connectivity index (χ3v) is 6.04. The van der Waals surface area contributed by atoms with Crippen LogP contribution in [-0.4, -0.2) is 51.2 Å². The van der Waals surface area contributed by atoms with E-state index in [1.807, 2.05) is 45.9 Å². The van der Waals surface area contributed by atoms with Crippen molar-refractivity contribution in [3.63, 3.8) is 0 Å². The summed E-state index contributed by atoms with van der Waals surface area (Å²) in [5.74, 6) is -0.0875. The number of nitrogens with one attached hydrogen (secondary N) is 1. The summed E-state index contributed by atoms with van der Waals surface area (Å²) >= 11 is 0. The molecule has 7 nitrogen and oxygen atoms in total. The highest BCUT2D eigenvalue weighted by Gasteiger charge is 2.52. The zero-order valence-electron chi connectivity index (χ0n) is 19.7. The standard InChI is InChI=1S/C22H34BNO6S/c1-20(2,3)28-19(25)24-14-18(23-29-21(4,5)22(6,7)30-23)13-16-11-9-10-12-17(16)15-31(8,26)27/h9-13H,14-15H2,1-8H3,(H,24,25). The van der Waals surface area contributed by atoms with Crippen LogP contribution in [-0.2, 0) is 29.6 Å². The highest BCUT2D eigenvalue weighted by atomic mass is 32.2. The summed E-state index contributed by atoms with van der Waals surface area (Å²) in [6.45, 7) is 13.3. The summed E-state index contributed by atoms with van der Waals surface area (Å²) in [7, 11) is -3.92. The Balaban J connectivity index is 2.38. The Morgan fingerprint density at radius 2 is 1.68 bits per heavy atom. The van der Waals surface area contributed by atoms with Crippen LogP contribution in [0, 0.1) is 0 Å². The van der Waals surface area contributed by atoms with Crippen molar-refractivity contribution in [3.8, 4) is 0 Å². The van der Waals surface area contributed by atoms with Gasteiger partial charge >= 0.3 is 13.2 Å². The molecule has 9 heteroatoms. The Kier molecular flexibility index (Phi) is 7.35. The normalized spacial score (nSPS) is 18.7. The number of benzene rings is 1. The van der Waals surface area contributed by atoms with E-state index in [1.54, 1.807) is 32.9 Å². The molecule has 0 bridgehead atoms. The minimum absolute atomic E-state index is 0.0875. The quantitative estimate of drug-likeness (QED) is 0.663. The number of hydrogen-bond acceptors (Lipinski definition) is 6. The van der Waals surface area contributed by atoms with Crippen LogP contribution in [0.4, 0.5) is 4.79 Å². The summed E-state index contributed by atoms with van der Waals surface area (Å²) in [4.78, 5) is 12.2. The smallest absolute Gasteiger partial charge is 0.444 e. The highest BCUT2D eigenvalue weighted by molar-refractivity contribution is 7.89. The van der Waals surface area contributed by atoms with Crippen molar-refractivity contribution in [1.29, 1.82) is 0 Å². The molecule has 1 aromatic rings. The number of carbonyl (C=O) groups is 1. The summed E-state index contributed by atoms with van der Waals surface area (Å²) in [6.07, 6.45) is 2.46. The van der Waals surface area contributed by atoms with Crippen molar-refractivity contribution in [2.24, 2.45) is 0 Å². The first-order chi connectivity index (χ1) is 14.0. The second-order valence-corrected chi connectivity index (χ2v) is 12.1. The van der Waals surface area contributed by atoms with Gasteiger partial charge in [-0.15, -0.1) is 0 Å². The van der Waals surface area contributed by atoms with Crippen molar-refractivity contribution in [2.75, 3.05) is 12.8 Å². The Hall–Kier alpha value is -1.84. The number of rotatable bonds is 6. The minimum atomic E-state index is -3.22. The van der Waals surface area contributed by atoms with E-state index in [1.165, 1.54) is 6.26 Å². The molecule has 1 N–H and O–H groups in total. The van der Waals surface area contributed by atoms with E-state index in [4.69, 9.17) is 14.0 Å². The Labute approximate surface area is 186 Å². The topological polar surface area (TPSA) is 90.9 Å². The molecule has 1 amide bonds. The molecule has 1 saturated heterocycles. The lowest BCUT2D eigenvalue weighted by molar-refractivity contribution is 0.00578. The van der Waals surface area contributed by atoms with Gasteiger partial charge < -0.3 is 19.4 Å². The van der Waals surface area contributed by atoms with Crippen LogP contribution in [0.5, 0.6) is 0 Å². The zero-order chi connectivity index (χ0) is 23.7. The molecular weight excluding hydrogens is 417 g/mol. The molecule has 0 radical (unpaired) electrons. The maximum Gasteiger partial charge on any atom is 0.492 e. The summed E-state index contributed by atoms with van der Waals surface area (Å²) < 4.78 is 41.4. The highest BCUT2D eigenvalue weighted by Crippen LogP contribution is 2.38. The number of carbonyl (C=O) groups excluding carboxylic acids is 1. The molecule has 0 unspecified atom stereocenters. The molecule has 31 heavy (non-hydrogen) atoms.